The van der Waals surface area contributed by atoms with Gasteiger partial charge in [0.05, 0.1) is 0 Å². The number of rotatable bonds is 7. The number of carboxylic acids is 1. The largest absolute Gasteiger partial charge is 0.479 e. The highest BCUT2D eigenvalue weighted by Gasteiger charge is 2.22. The molecule has 0 saturated carbocycles. The van der Waals surface area contributed by atoms with Crippen molar-refractivity contribution in [3.8, 4) is 0 Å². The summed E-state index contributed by atoms with van der Waals surface area (Å²) in [7, 11) is -3.91. The van der Waals surface area contributed by atoms with Crippen LogP contribution < -0.4 is 4.72 Å². The van der Waals surface area contributed by atoms with Crippen LogP contribution in [0.4, 0.5) is 0 Å². The normalized spacial score (nSPS) is 13.4. The van der Waals surface area contributed by atoms with Gasteiger partial charge in [0.15, 0.2) is 11.1 Å². The first-order chi connectivity index (χ1) is 8.77. The molecule has 0 amide bonds. The van der Waals surface area contributed by atoms with Crippen molar-refractivity contribution in [1.29, 1.82) is 0 Å². The Bertz CT molecular complexity index is 552. The first-order valence-corrected chi connectivity index (χ1v) is 7.20. The number of nitrogens with one attached hydrogen (secondary N) is 1. The summed E-state index contributed by atoms with van der Waals surface area (Å²) >= 11 is 0. The first kappa shape index (κ1) is 15.6. The summed E-state index contributed by atoms with van der Waals surface area (Å²) in [6.07, 6.45) is 0.435. The van der Waals surface area contributed by atoms with E-state index in [1.54, 1.807) is 11.5 Å². The number of carbonyl (C=O) groups is 1. The van der Waals surface area contributed by atoms with E-state index in [4.69, 9.17) is 10.2 Å². The highest BCUT2D eigenvalue weighted by molar-refractivity contribution is 7.89. The third-order valence-electron chi connectivity index (χ3n) is 2.45. The number of aliphatic hydroxyl groups excluding tert-OH is 1. The summed E-state index contributed by atoms with van der Waals surface area (Å²) in [5, 5.41) is 17.3. The molecule has 8 nitrogen and oxygen atoms in total. The molecule has 0 aliphatic heterocycles. The minimum absolute atomic E-state index is 0.184. The summed E-state index contributed by atoms with van der Waals surface area (Å²) in [6.45, 7) is 3.68. The van der Waals surface area contributed by atoms with Gasteiger partial charge in [-0.05, 0) is 13.3 Å². The van der Waals surface area contributed by atoms with Crippen molar-refractivity contribution < 1.29 is 23.4 Å². The summed E-state index contributed by atoms with van der Waals surface area (Å²) in [5.41, 5.74) is 0. The Hall–Kier alpha value is -1.45. The van der Waals surface area contributed by atoms with Gasteiger partial charge in [0.1, 0.15) is 5.82 Å². The van der Waals surface area contributed by atoms with E-state index in [1.807, 2.05) is 11.6 Å². The fourth-order valence-electron chi connectivity index (χ4n) is 1.43. The van der Waals surface area contributed by atoms with Crippen molar-refractivity contribution in [1.82, 2.24) is 14.3 Å². The molecule has 1 unspecified atom stereocenters. The molecule has 1 atom stereocenters. The second-order valence-electron chi connectivity index (χ2n) is 4.03. The topological polar surface area (TPSA) is 122 Å². The number of carboxylic acid groups (broad SMARTS) is 1. The predicted octanol–water partition coefficient (Wildman–Crippen LogP) is -0.675. The Labute approximate surface area is 111 Å². The van der Waals surface area contributed by atoms with Gasteiger partial charge in [-0.25, -0.2) is 22.9 Å². The standard InChI is InChI=1S/C10H17N3O5S/c1-3-4-13-6-9(12-7(13)2)19(17,18)11-5-8(14)10(15)16/h6,8,11,14H,3-5H2,1-2H3,(H,15,16). The van der Waals surface area contributed by atoms with Crippen molar-refractivity contribution >= 4 is 16.0 Å². The molecular formula is C10H17N3O5S. The van der Waals surface area contributed by atoms with Crippen molar-refractivity contribution in [2.75, 3.05) is 6.54 Å². The Balaban J connectivity index is 2.83. The van der Waals surface area contributed by atoms with Crippen LogP contribution in [0.15, 0.2) is 11.2 Å². The summed E-state index contributed by atoms with van der Waals surface area (Å²) in [5.74, 6) is -0.934. The van der Waals surface area contributed by atoms with Crippen LogP contribution in [-0.2, 0) is 21.4 Å². The maximum atomic E-state index is 11.8. The Morgan fingerprint density at radius 2 is 2.21 bits per heavy atom. The first-order valence-electron chi connectivity index (χ1n) is 5.72. The van der Waals surface area contributed by atoms with E-state index in [0.29, 0.717) is 12.4 Å². The summed E-state index contributed by atoms with van der Waals surface area (Å²) in [6, 6.07) is 0. The molecule has 108 valence electrons. The number of aromatic nitrogens is 2. The van der Waals surface area contributed by atoms with Gasteiger partial charge in [-0.1, -0.05) is 6.92 Å². The predicted molar refractivity (Wildman–Crippen MR) is 66.1 cm³/mol. The van der Waals surface area contributed by atoms with Gasteiger partial charge in [-0.3, -0.25) is 0 Å². The van der Waals surface area contributed by atoms with Gasteiger partial charge >= 0.3 is 5.97 Å². The number of aliphatic carboxylic acids is 1. The molecule has 0 aliphatic rings. The number of hydrogen-bond acceptors (Lipinski definition) is 5. The van der Waals surface area contributed by atoms with Crippen LogP contribution in [0, 0.1) is 6.92 Å². The molecular weight excluding hydrogens is 274 g/mol. The van der Waals surface area contributed by atoms with Gasteiger partial charge in [0, 0.05) is 19.3 Å². The highest BCUT2D eigenvalue weighted by atomic mass is 32.2. The molecule has 1 aromatic rings. The molecule has 0 aliphatic carbocycles. The van der Waals surface area contributed by atoms with Gasteiger partial charge in [-0.15, -0.1) is 0 Å². The van der Waals surface area contributed by atoms with E-state index >= 15 is 0 Å². The number of sulfonamides is 1. The number of aliphatic hydroxyl groups is 1. The highest BCUT2D eigenvalue weighted by Crippen LogP contribution is 2.09. The van der Waals surface area contributed by atoms with Gasteiger partial charge in [-0.2, -0.15) is 0 Å². The Morgan fingerprint density at radius 3 is 2.74 bits per heavy atom. The Kier molecular flexibility index (Phi) is 5.04. The fourth-order valence-corrected chi connectivity index (χ4v) is 2.47. The lowest BCUT2D eigenvalue weighted by Gasteiger charge is -2.06. The molecule has 0 fully saturated rings. The number of nitrogens with zero attached hydrogens (tertiary/aromatic N) is 2. The second-order valence-corrected chi connectivity index (χ2v) is 5.74. The third kappa shape index (κ3) is 4.01. The monoisotopic (exact) mass is 291 g/mol. The molecule has 19 heavy (non-hydrogen) atoms. The molecule has 3 N–H and O–H groups in total. The van der Waals surface area contributed by atoms with Crippen LogP contribution in [0.1, 0.15) is 19.2 Å². The lowest BCUT2D eigenvalue weighted by atomic mass is 10.4. The van der Waals surface area contributed by atoms with E-state index < -0.39 is 28.6 Å². The van der Waals surface area contributed by atoms with Crippen molar-refractivity contribution in [2.45, 2.75) is 37.9 Å². The molecule has 0 saturated heterocycles. The molecule has 9 heteroatoms. The van der Waals surface area contributed by atoms with Crippen LogP contribution in [0.25, 0.3) is 0 Å². The lowest BCUT2D eigenvalue weighted by Crippen LogP contribution is -2.36. The van der Waals surface area contributed by atoms with Gasteiger partial charge in [0.2, 0.25) is 0 Å². The fraction of sp³-hybridized carbons (Fsp3) is 0.600. The second kappa shape index (κ2) is 6.13. The van der Waals surface area contributed by atoms with E-state index in [-0.39, 0.29) is 5.03 Å². The van der Waals surface area contributed by atoms with Crippen molar-refractivity contribution in [3.63, 3.8) is 0 Å². The maximum absolute atomic E-state index is 11.8. The lowest BCUT2D eigenvalue weighted by molar-refractivity contribution is -0.146. The van der Waals surface area contributed by atoms with Crippen molar-refractivity contribution in [2.24, 2.45) is 0 Å². The van der Waals surface area contributed by atoms with Crippen LogP contribution in [-0.4, -0.2) is 46.8 Å². The minimum Gasteiger partial charge on any atom is -0.479 e. The molecule has 1 heterocycles. The van der Waals surface area contributed by atoms with Gasteiger partial charge < -0.3 is 14.8 Å². The maximum Gasteiger partial charge on any atom is 0.333 e. The van der Waals surface area contributed by atoms with Crippen molar-refractivity contribution in [3.05, 3.63) is 12.0 Å². The number of imidazole rings is 1. The van der Waals surface area contributed by atoms with Crippen LogP contribution in [0.3, 0.4) is 0 Å². The quantitative estimate of drug-likeness (QED) is 0.612. The zero-order valence-electron chi connectivity index (χ0n) is 10.7. The Morgan fingerprint density at radius 1 is 1.58 bits per heavy atom. The molecule has 0 spiro atoms. The van der Waals surface area contributed by atoms with E-state index in [0.717, 1.165) is 6.42 Å². The SMILES string of the molecule is CCCn1cc(S(=O)(=O)NCC(O)C(=O)O)nc1C. The van der Waals surface area contributed by atoms with Crippen LogP contribution in [0.5, 0.6) is 0 Å². The average molecular weight is 291 g/mol. The average Bonchev–Trinajstić information content (AvgIpc) is 2.69. The molecule has 0 radical (unpaired) electrons. The zero-order valence-corrected chi connectivity index (χ0v) is 11.5. The summed E-state index contributed by atoms with van der Waals surface area (Å²) in [4.78, 5) is 14.3. The molecule has 0 bridgehead atoms. The molecule has 1 aromatic heterocycles. The number of aryl methyl sites for hydroxylation is 2. The van der Waals surface area contributed by atoms with Crippen LogP contribution in [0.2, 0.25) is 0 Å². The smallest absolute Gasteiger partial charge is 0.333 e. The molecule has 0 aromatic carbocycles. The van der Waals surface area contributed by atoms with Crippen LogP contribution >= 0.6 is 0 Å². The van der Waals surface area contributed by atoms with E-state index in [2.05, 4.69) is 4.98 Å². The zero-order chi connectivity index (χ0) is 14.6. The van der Waals surface area contributed by atoms with E-state index in [1.165, 1.54) is 6.20 Å². The third-order valence-corrected chi connectivity index (χ3v) is 3.74. The number of hydrogen-bond donors (Lipinski definition) is 3. The molecule has 1 rings (SSSR count). The minimum atomic E-state index is -3.91. The van der Waals surface area contributed by atoms with Gasteiger partial charge in [0.25, 0.3) is 10.0 Å². The summed E-state index contributed by atoms with van der Waals surface area (Å²) < 4.78 is 27.4. The van der Waals surface area contributed by atoms with E-state index in [9.17, 15) is 13.2 Å².